The van der Waals surface area contributed by atoms with Gasteiger partial charge in [-0.15, -0.1) is 0 Å². The number of hydrazine groups is 2. The minimum Gasteiger partial charge on any atom is -0.267 e. The van der Waals surface area contributed by atoms with E-state index in [1.165, 1.54) is 0 Å². The van der Waals surface area contributed by atoms with Crippen LogP contribution in [0.5, 0.6) is 0 Å². The summed E-state index contributed by atoms with van der Waals surface area (Å²) in [5.74, 6) is 9.23. The fourth-order valence-corrected chi connectivity index (χ4v) is 5.31. The van der Waals surface area contributed by atoms with Gasteiger partial charge in [-0.2, -0.15) is 0 Å². The van der Waals surface area contributed by atoms with Gasteiger partial charge in [0.2, 0.25) is 0 Å². The third-order valence-corrected chi connectivity index (χ3v) is 6.70. The number of hydrogen-bond acceptors (Lipinski definition) is 6. The Bertz CT molecular complexity index is 1540. The van der Waals surface area contributed by atoms with Crippen molar-refractivity contribution in [1.82, 2.24) is 10.0 Å². The van der Waals surface area contributed by atoms with Crippen molar-refractivity contribution in [1.29, 1.82) is 0 Å². The third-order valence-electron chi connectivity index (χ3n) is 6.70. The molecule has 0 spiro atoms. The quantitative estimate of drug-likeness (QED) is 0.130. The van der Waals surface area contributed by atoms with Gasteiger partial charge in [-0.05, 0) is 56.6 Å². The molecule has 2 aliphatic heterocycles. The molecular weight excluding hydrogens is 408 g/mol. The van der Waals surface area contributed by atoms with E-state index >= 15 is 0 Å². The molecule has 5 aromatic carbocycles. The maximum atomic E-state index is 12.7. The molecule has 0 saturated heterocycles. The van der Waals surface area contributed by atoms with Gasteiger partial charge in [0, 0.05) is 10.8 Å². The van der Waals surface area contributed by atoms with Crippen LogP contribution in [0.2, 0.25) is 0 Å². The fourth-order valence-electron chi connectivity index (χ4n) is 5.31. The minimum atomic E-state index is -0.554. The number of carbonyl (C=O) groups excluding carboxylic acids is 4. The van der Waals surface area contributed by atoms with E-state index in [1.807, 2.05) is 24.3 Å². The van der Waals surface area contributed by atoms with Crippen molar-refractivity contribution in [2.45, 2.75) is 0 Å². The first-order valence-corrected chi connectivity index (χ1v) is 9.87. The van der Waals surface area contributed by atoms with E-state index < -0.39 is 23.6 Å². The lowest BCUT2D eigenvalue weighted by molar-refractivity contribution is 0.0595. The number of benzene rings is 5. The molecule has 0 fully saturated rings. The molecule has 2 heterocycles. The van der Waals surface area contributed by atoms with Crippen LogP contribution in [0.3, 0.4) is 0 Å². The topological polar surface area (TPSA) is 127 Å². The van der Waals surface area contributed by atoms with Gasteiger partial charge in [0.1, 0.15) is 0 Å². The number of nitrogens with two attached hydrogens (primary N) is 2. The van der Waals surface area contributed by atoms with Crippen LogP contribution in [-0.2, 0) is 0 Å². The van der Waals surface area contributed by atoms with Crippen LogP contribution in [0.4, 0.5) is 0 Å². The summed E-state index contributed by atoms with van der Waals surface area (Å²) in [6.07, 6.45) is 0. The van der Waals surface area contributed by atoms with Gasteiger partial charge >= 0.3 is 0 Å². The molecule has 0 atom stereocenters. The van der Waals surface area contributed by atoms with Crippen LogP contribution in [0, 0.1) is 0 Å². The van der Waals surface area contributed by atoms with Crippen molar-refractivity contribution in [2.75, 3.05) is 0 Å². The zero-order valence-corrected chi connectivity index (χ0v) is 16.3. The lowest BCUT2D eigenvalue weighted by Gasteiger charge is -2.27. The molecule has 0 radical (unpaired) electrons. The van der Waals surface area contributed by atoms with Crippen molar-refractivity contribution in [3.05, 3.63) is 70.8 Å². The van der Waals surface area contributed by atoms with E-state index in [-0.39, 0.29) is 0 Å². The zero-order valence-electron chi connectivity index (χ0n) is 16.3. The highest BCUT2D eigenvalue weighted by Gasteiger charge is 2.35. The van der Waals surface area contributed by atoms with E-state index in [2.05, 4.69) is 0 Å². The SMILES string of the molecule is NN1C(=O)c2ccc3c4ccc5c6c(ccc(c7ccc(c2c37)C1=O)c64)C(=O)N(N)C5=O. The molecule has 4 amide bonds. The van der Waals surface area contributed by atoms with Crippen LogP contribution in [0.1, 0.15) is 41.4 Å². The van der Waals surface area contributed by atoms with Gasteiger partial charge in [0.15, 0.2) is 0 Å². The van der Waals surface area contributed by atoms with Gasteiger partial charge in [0.05, 0.1) is 22.3 Å². The normalized spacial score (nSPS) is 15.9. The minimum absolute atomic E-state index is 0.362. The first-order valence-electron chi connectivity index (χ1n) is 9.87. The number of fused-ring (bicyclic) bond motifs is 2. The average molecular weight is 420 g/mol. The van der Waals surface area contributed by atoms with Crippen molar-refractivity contribution in [3.63, 3.8) is 0 Å². The van der Waals surface area contributed by atoms with Crippen molar-refractivity contribution < 1.29 is 19.2 Å². The smallest absolute Gasteiger partial charge is 0.267 e. The number of imide groups is 2. The van der Waals surface area contributed by atoms with E-state index in [4.69, 9.17) is 11.7 Å². The Balaban J connectivity index is 1.77. The van der Waals surface area contributed by atoms with Gasteiger partial charge < -0.3 is 0 Å². The molecule has 8 nitrogen and oxygen atoms in total. The maximum absolute atomic E-state index is 12.7. The maximum Gasteiger partial charge on any atom is 0.275 e. The summed E-state index contributed by atoms with van der Waals surface area (Å²) < 4.78 is 0. The highest BCUT2D eigenvalue weighted by molar-refractivity contribution is 6.41. The molecule has 0 bridgehead atoms. The monoisotopic (exact) mass is 420 g/mol. The van der Waals surface area contributed by atoms with Crippen molar-refractivity contribution >= 4 is 66.7 Å². The summed E-state index contributed by atoms with van der Waals surface area (Å²) in [7, 11) is 0. The highest BCUT2D eigenvalue weighted by Crippen LogP contribution is 2.45. The number of rotatable bonds is 0. The van der Waals surface area contributed by atoms with Crippen LogP contribution < -0.4 is 11.7 Å². The number of hydrogen-bond donors (Lipinski definition) is 2. The number of nitrogens with zero attached hydrogens (tertiary/aromatic N) is 2. The van der Waals surface area contributed by atoms with E-state index in [9.17, 15) is 19.2 Å². The summed E-state index contributed by atoms with van der Waals surface area (Å²) in [5, 5.41) is 7.23. The predicted octanol–water partition coefficient (Wildman–Crippen LogP) is 2.68. The molecule has 152 valence electrons. The second kappa shape index (κ2) is 5.25. The number of carbonyl (C=O) groups is 4. The van der Waals surface area contributed by atoms with Crippen LogP contribution in [0.25, 0.3) is 43.1 Å². The van der Waals surface area contributed by atoms with E-state index in [1.54, 1.807) is 24.3 Å². The molecule has 0 unspecified atom stereocenters. The third kappa shape index (κ3) is 1.70. The van der Waals surface area contributed by atoms with Gasteiger partial charge in [-0.25, -0.2) is 21.7 Å². The Morgan fingerprint density at radius 1 is 0.406 bits per heavy atom. The summed E-state index contributed by atoms with van der Waals surface area (Å²) in [5.41, 5.74) is 1.45. The standard InChI is InChI=1S/C24H12N4O4/c25-27-21(29)13-5-1-9-10-2-6-15-20-16(24(32)28(26)23(15)31)8-4-12(18(10)20)11-3-7-14(22(27)30)19(13)17(9)11/h1-8H,25-26H2. The Hall–Kier alpha value is -4.40. The lowest BCUT2D eigenvalue weighted by Crippen LogP contribution is -2.45. The largest absolute Gasteiger partial charge is 0.275 e. The highest BCUT2D eigenvalue weighted by atomic mass is 16.2. The van der Waals surface area contributed by atoms with Crippen LogP contribution in [0.15, 0.2) is 48.5 Å². The van der Waals surface area contributed by atoms with Gasteiger partial charge in [0.25, 0.3) is 23.6 Å². The molecular formula is C24H12N4O4. The summed E-state index contributed by atoms with van der Waals surface area (Å²) >= 11 is 0. The predicted molar refractivity (Wildman–Crippen MR) is 117 cm³/mol. The summed E-state index contributed by atoms with van der Waals surface area (Å²) in [6.45, 7) is 0. The van der Waals surface area contributed by atoms with Crippen molar-refractivity contribution in [2.24, 2.45) is 11.7 Å². The Morgan fingerprint density at radius 2 is 0.656 bits per heavy atom. The Morgan fingerprint density at radius 3 is 0.906 bits per heavy atom. The van der Waals surface area contributed by atoms with Crippen LogP contribution in [-0.4, -0.2) is 33.6 Å². The first kappa shape index (κ1) is 17.3. The average Bonchev–Trinajstić information content (AvgIpc) is 2.82. The molecule has 4 N–H and O–H groups in total. The lowest BCUT2D eigenvalue weighted by atomic mass is 9.82. The molecule has 0 saturated carbocycles. The van der Waals surface area contributed by atoms with Gasteiger partial charge in [-0.1, -0.05) is 24.3 Å². The molecule has 32 heavy (non-hydrogen) atoms. The first-order chi connectivity index (χ1) is 15.4. The fraction of sp³-hybridized carbons (Fsp3) is 0. The van der Waals surface area contributed by atoms with Crippen LogP contribution >= 0.6 is 0 Å². The van der Waals surface area contributed by atoms with E-state index in [0.29, 0.717) is 43.0 Å². The number of amides is 4. The van der Waals surface area contributed by atoms with E-state index in [0.717, 1.165) is 32.3 Å². The summed E-state index contributed by atoms with van der Waals surface area (Å²) in [4.78, 5) is 50.8. The molecule has 5 aromatic rings. The van der Waals surface area contributed by atoms with Gasteiger partial charge in [-0.3, -0.25) is 19.2 Å². The second-order valence-corrected chi connectivity index (χ2v) is 8.10. The molecule has 0 aromatic heterocycles. The molecule has 7 rings (SSSR count). The summed E-state index contributed by atoms with van der Waals surface area (Å²) in [6, 6.07) is 13.9. The Kier molecular flexibility index (Phi) is 2.84. The molecule has 2 aliphatic rings. The molecule has 8 heteroatoms. The molecule has 0 aliphatic carbocycles. The Labute approximate surface area is 178 Å². The zero-order chi connectivity index (χ0) is 22.0. The van der Waals surface area contributed by atoms with Crippen molar-refractivity contribution in [3.8, 4) is 0 Å². The second-order valence-electron chi connectivity index (χ2n) is 8.10.